The number of carbonyl (C=O) groups is 1. The second-order valence-electron chi connectivity index (χ2n) is 4.12. The van der Waals surface area contributed by atoms with Gasteiger partial charge in [-0.2, -0.15) is 5.10 Å². The Labute approximate surface area is 110 Å². The van der Waals surface area contributed by atoms with Crippen LogP contribution in [0.25, 0.3) is 0 Å². The first-order valence-corrected chi connectivity index (χ1v) is 6.51. The van der Waals surface area contributed by atoms with Gasteiger partial charge in [0.05, 0.1) is 5.69 Å². The number of aromatic nitrogens is 2. The fourth-order valence-corrected chi connectivity index (χ4v) is 2.44. The van der Waals surface area contributed by atoms with Crippen LogP contribution in [0.1, 0.15) is 22.2 Å². The number of hydrogen-bond donors (Lipinski definition) is 2. The number of aryl methyl sites for hydroxylation is 2. The molecule has 2 rings (SSSR count). The lowest BCUT2D eigenvalue weighted by molar-refractivity contribution is -0.122. The van der Waals surface area contributed by atoms with Crippen molar-refractivity contribution in [3.8, 4) is 0 Å². The molecule has 0 fully saturated rings. The zero-order chi connectivity index (χ0) is 13.1. The number of rotatable bonds is 4. The second-order valence-corrected chi connectivity index (χ2v) is 5.10. The largest absolute Gasteiger partial charge is 0.350 e. The van der Waals surface area contributed by atoms with Crippen LogP contribution in [0.3, 0.4) is 0 Å². The first-order valence-electron chi connectivity index (χ1n) is 5.63. The summed E-state index contributed by atoms with van der Waals surface area (Å²) in [5, 5.41) is 8.96. The summed E-state index contributed by atoms with van der Waals surface area (Å²) in [6.07, 6.45) is 1.90. The Balaban J connectivity index is 1.94. The van der Waals surface area contributed by atoms with Crippen molar-refractivity contribution in [3.05, 3.63) is 39.8 Å². The summed E-state index contributed by atoms with van der Waals surface area (Å²) in [5.41, 5.74) is 7.79. The van der Waals surface area contributed by atoms with Gasteiger partial charge >= 0.3 is 0 Å². The number of nitrogens with two attached hydrogens (primary N) is 1. The third kappa shape index (κ3) is 2.77. The Morgan fingerprint density at radius 1 is 1.67 bits per heavy atom. The summed E-state index contributed by atoms with van der Waals surface area (Å²) in [6.45, 7) is 2.37. The third-order valence-electron chi connectivity index (χ3n) is 2.70. The van der Waals surface area contributed by atoms with Crippen LogP contribution in [-0.2, 0) is 18.4 Å². The number of carbonyl (C=O) groups excluding carboxylic acids is 1. The predicted molar refractivity (Wildman–Crippen MR) is 71.0 cm³/mol. The van der Waals surface area contributed by atoms with Gasteiger partial charge in [0.2, 0.25) is 5.91 Å². The lowest BCUT2D eigenvalue weighted by Gasteiger charge is -2.10. The second kappa shape index (κ2) is 5.32. The highest BCUT2D eigenvalue weighted by Gasteiger charge is 2.16. The van der Waals surface area contributed by atoms with Gasteiger partial charge in [0.25, 0.3) is 0 Å². The van der Waals surface area contributed by atoms with Crippen molar-refractivity contribution in [1.29, 1.82) is 0 Å². The van der Waals surface area contributed by atoms with E-state index in [4.69, 9.17) is 5.73 Å². The maximum atomic E-state index is 11.9. The molecule has 0 saturated carbocycles. The molecule has 1 unspecified atom stereocenters. The molecule has 5 nitrogen and oxygen atoms in total. The highest BCUT2D eigenvalue weighted by molar-refractivity contribution is 7.10. The summed E-state index contributed by atoms with van der Waals surface area (Å²) in [7, 11) is 1.86. The fraction of sp³-hybridized carbons (Fsp3) is 0.333. The quantitative estimate of drug-likeness (QED) is 0.868. The topological polar surface area (TPSA) is 72.9 Å². The number of nitrogens with zero attached hydrogens (tertiary/aromatic N) is 2. The lowest BCUT2D eigenvalue weighted by Crippen LogP contribution is -2.33. The van der Waals surface area contributed by atoms with Gasteiger partial charge in [0, 0.05) is 30.2 Å². The van der Waals surface area contributed by atoms with Crippen LogP contribution in [0, 0.1) is 6.92 Å². The molecule has 2 aromatic rings. The number of hydrogen-bond acceptors (Lipinski definition) is 4. The monoisotopic (exact) mass is 264 g/mol. The Morgan fingerprint density at radius 3 is 3.00 bits per heavy atom. The molecule has 2 aromatic heterocycles. The van der Waals surface area contributed by atoms with E-state index < -0.39 is 6.04 Å². The molecule has 0 aromatic carbocycles. The van der Waals surface area contributed by atoms with Crippen molar-refractivity contribution in [2.75, 3.05) is 0 Å². The van der Waals surface area contributed by atoms with E-state index in [2.05, 4.69) is 10.4 Å². The highest BCUT2D eigenvalue weighted by Crippen LogP contribution is 2.16. The van der Waals surface area contributed by atoms with Gasteiger partial charge in [-0.1, -0.05) is 6.07 Å². The Bertz CT molecular complexity index is 532. The molecule has 0 bridgehead atoms. The van der Waals surface area contributed by atoms with Crippen LogP contribution in [0.5, 0.6) is 0 Å². The first kappa shape index (κ1) is 12.8. The van der Waals surface area contributed by atoms with Crippen molar-refractivity contribution in [2.45, 2.75) is 19.5 Å². The molecule has 96 valence electrons. The number of amides is 1. The minimum atomic E-state index is -0.595. The minimum absolute atomic E-state index is 0.166. The van der Waals surface area contributed by atoms with Crippen LogP contribution in [-0.4, -0.2) is 15.7 Å². The molecule has 0 aliphatic heterocycles. The minimum Gasteiger partial charge on any atom is -0.350 e. The van der Waals surface area contributed by atoms with Gasteiger partial charge in [-0.15, -0.1) is 11.3 Å². The van der Waals surface area contributed by atoms with Gasteiger partial charge in [0.15, 0.2) is 0 Å². The molecular weight excluding hydrogens is 248 g/mol. The van der Waals surface area contributed by atoms with E-state index >= 15 is 0 Å². The summed E-state index contributed by atoms with van der Waals surface area (Å²) in [5.74, 6) is -0.166. The molecule has 3 N–H and O–H groups in total. The van der Waals surface area contributed by atoms with Crippen molar-refractivity contribution >= 4 is 17.2 Å². The summed E-state index contributed by atoms with van der Waals surface area (Å²) >= 11 is 1.49. The fourth-order valence-electron chi connectivity index (χ4n) is 1.71. The van der Waals surface area contributed by atoms with Crippen molar-refractivity contribution in [3.63, 3.8) is 0 Å². The predicted octanol–water partition coefficient (Wildman–Crippen LogP) is 1.11. The van der Waals surface area contributed by atoms with Crippen molar-refractivity contribution in [1.82, 2.24) is 15.1 Å². The van der Waals surface area contributed by atoms with Gasteiger partial charge in [-0.05, 0) is 18.4 Å². The van der Waals surface area contributed by atoms with Crippen LogP contribution in [0.4, 0.5) is 0 Å². The van der Waals surface area contributed by atoms with Gasteiger partial charge in [-0.25, -0.2) is 0 Å². The molecule has 6 heteroatoms. The number of thiophene rings is 1. The summed E-state index contributed by atoms with van der Waals surface area (Å²) < 4.78 is 1.73. The molecular formula is C12H16N4OS. The molecule has 0 aliphatic carbocycles. The first-order chi connectivity index (χ1) is 8.58. The van der Waals surface area contributed by atoms with E-state index in [1.807, 2.05) is 37.7 Å². The zero-order valence-electron chi connectivity index (χ0n) is 10.4. The lowest BCUT2D eigenvalue weighted by atomic mass is 10.2. The molecule has 0 spiro atoms. The smallest absolute Gasteiger partial charge is 0.242 e. The van der Waals surface area contributed by atoms with Gasteiger partial charge in [0.1, 0.15) is 6.04 Å². The van der Waals surface area contributed by atoms with Crippen LogP contribution < -0.4 is 11.1 Å². The Hall–Kier alpha value is -1.66. The van der Waals surface area contributed by atoms with Crippen LogP contribution in [0.2, 0.25) is 0 Å². The average molecular weight is 264 g/mol. The van der Waals surface area contributed by atoms with E-state index in [0.29, 0.717) is 6.54 Å². The van der Waals surface area contributed by atoms with E-state index in [0.717, 1.165) is 16.1 Å². The Kier molecular flexibility index (Phi) is 3.78. The molecule has 1 amide bonds. The molecule has 0 aliphatic rings. The highest BCUT2D eigenvalue weighted by atomic mass is 32.1. The van der Waals surface area contributed by atoms with Crippen LogP contribution >= 0.6 is 11.3 Å². The van der Waals surface area contributed by atoms with Crippen LogP contribution in [0.15, 0.2) is 23.7 Å². The molecule has 1 atom stereocenters. The van der Waals surface area contributed by atoms with E-state index in [1.54, 1.807) is 4.68 Å². The number of nitrogens with one attached hydrogen (secondary N) is 1. The van der Waals surface area contributed by atoms with E-state index in [1.165, 1.54) is 11.3 Å². The summed E-state index contributed by atoms with van der Waals surface area (Å²) in [6, 6.07) is 3.16. The maximum Gasteiger partial charge on any atom is 0.242 e. The SMILES string of the molecule is Cc1nn(C)cc1CNC(=O)C(N)c1cccs1. The molecule has 2 heterocycles. The van der Waals surface area contributed by atoms with Gasteiger partial charge in [-0.3, -0.25) is 9.48 Å². The van der Waals surface area contributed by atoms with Crippen molar-refractivity contribution in [2.24, 2.45) is 12.8 Å². The third-order valence-corrected chi connectivity index (χ3v) is 3.66. The molecule has 0 radical (unpaired) electrons. The maximum absolute atomic E-state index is 11.9. The van der Waals surface area contributed by atoms with Crippen molar-refractivity contribution < 1.29 is 4.79 Å². The molecule has 18 heavy (non-hydrogen) atoms. The zero-order valence-corrected chi connectivity index (χ0v) is 11.2. The average Bonchev–Trinajstić information content (AvgIpc) is 2.95. The van der Waals surface area contributed by atoms with Gasteiger partial charge < -0.3 is 11.1 Å². The molecule has 0 saturated heterocycles. The standard InChI is InChI=1S/C12H16N4OS/c1-8-9(7-16(2)15-8)6-14-12(17)11(13)10-4-3-5-18-10/h3-5,7,11H,6,13H2,1-2H3,(H,14,17). The summed E-state index contributed by atoms with van der Waals surface area (Å²) in [4.78, 5) is 12.7. The Morgan fingerprint density at radius 2 is 2.44 bits per heavy atom. The normalized spacial score (nSPS) is 12.4. The van der Waals surface area contributed by atoms with E-state index in [-0.39, 0.29) is 5.91 Å². The van der Waals surface area contributed by atoms with E-state index in [9.17, 15) is 4.79 Å².